The predicted octanol–water partition coefficient (Wildman–Crippen LogP) is 5.84. The number of amides is 1. The number of nitrogens with one attached hydrogen (secondary N) is 1. The van der Waals surface area contributed by atoms with Gasteiger partial charge in [-0.1, -0.05) is 19.1 Å². The molecule has 0 aliphatic rings. The Balaban J connectivity index is 0.000000267. The number of hydrogen-bond donors (Lipinski definition) is 2. The lowest BCUT2D eigenvalue weighted by atomic mass is 10.1. The summed E-state index contributed by atoms with van der Waals surface area (Å²) in [6.07, 6.45) is -0.839. The molecule has 0 saturated carbocycles. The van der Waals surface area contributed by atoms with Gasteiger partial charge in [0.25, 0.3) is 0 Å². The smallest absolute Gasteiger partial charge is 0.404 e. The maximum Gasteiger partial charge on any atom is 0.404 e. The minimum absolute atomic E-state index is 0.253. The highest BCUT2D eigenvalue weighted by Gasteiger charge is 2.26. The maximum absolute atomic E-state index is 12.6. The molecular formula is C26H26F2N2O5S. The molecule has 2 unspecified atom stereocenters. The van der Waals surface area contributed by atoms with Gasteiger partial charge < -0.3 is 15.2 Å². The molecule has 2 N–H and O–H groups in total. The van der Waals surface area contributed by atoms with Crippen molar-refractivity contribution in [2.24, 2.45) is 0 Å². The lowest BCUT2D eigenvalue weighted by Gasteiger charge is -2.19. The molecule has 0 aliphatic carbocycles. The van der Waals surface area contributed by atoms with E-state index in [1.54, 1.807) is 38.1 Å². The van der Waals surface area contributed by atoms with E-state index < -0.39 is 27.2 Å². The fraction of sp³-hybridized carbons (Fsp3) is 0.231. The molecule has 3 aromatic carbocycles. The zero-order valence-corrected chi connectivity index (χ0v) is 20.5. The predicted molar refractivity (Wildman–Crippen MR) is 131 cm³/mol. The average molecular weight is 517 g/mol. The Kier molecular flexibility index (Phi) is 10.4. The number of carboxylic acid groups (broad SMARTS) is 1. The third kappa shape index (κ3) is 9.00. The summed E-state index contributed by atoms with van der Waals surface area (Å²) in [6.45, 7) is 3.28. The standard InChI is InChI=1S/C14H18N2O4S.C12H8F2O/c1-3-13(16-14(17)18)9-21(19,20)10(2)12-6-4-11(8-15)5-7-12;13-9-1-5-11(6-2-9)15-12-7-3-10(14)4-8-12/h4-7,10,13,16H,3,9H2,1-2H3,(H,17,18);1-8H. The summed E-state index contributed by atoms with van der Waals surface area (Å²) in [5.41, 5.74) is 1.04. The SMILES string of the molecule is CCC(CS(=O)(=O)C(C)c1ccc(C#N)cc1)NC(=O)O.Fc1ccc(Oc2ccc(F)cc2)cc1. The van der Waals surface area contributed by atoms with Gasteiger partial charge in [0.15, 0.2) is 9.84 Å². The number of halogens is 2. The summed E-state index contributed by atoms with van der Waals surface area (Å²) in [5.74, 6) is 0.144. The van der Waals surface area contributed by atoms with Crippen molar-refractivity contribution in [2.75, 3.05) is 5.75 Å². The second kappa shape index (κ2) is 13.2. The number of rotatable bonds is 8. The second-order valence-corrected chi connectivity index (χ2v) is 10.1. The second-order valence-electron chi connectivity index (χ2n) is 7.77. The molecule has 0 saturated heterocycles. The Morgan fingerprint density at radius 2 is 1.44 bits per heavy atom. The third-order valence-corrected chi connectivity index (χ3v) is 7.38. The van der Waals surface area contributed by atoms with Crippen molar-refractivity contribution >= 4 is 15.9 Å². The summed E-state index contributed by atoms with van der Waals surface area (Å²) in [5, 5.41) is 18.9. The number of sulfone groups is 1. The molecule has 0 bridgehead atoms. The van der Waals surface area contributed by atoms with Gasteiger partial charge in [0.05, 0.1) is 22.6 Å². The molecule has 3 rings (SSSR count). The van der Waals surface area contributed by atoms with E-state index in [4.69, 9.17) is 15.1 Å². The van der Waals surface area contributed by atoms with E-state index in [0.29, 0.717) is 29.0 Å². The van der Waals surface area contributed by atoms with Crippen LogP contribution in [0.1, 0.15) is 36.6 Å². The van der Waals surface area contributed by atoms with E-state index in [2.05, 4.69) is 5.32 Å². The van der Waals surface area contributed by atoms with E-state index in [1.165, 1.54) is 48.5 Å². The molecule has 0 heterocycles. The van der Waals surface area contributed by atoms with E-state index in [1.807, 2.05) is 6.07 Å². The van der Waals surface area contributed by atoms with Crippen LogP contribution in [0.2, 0.25) is 0 Å². The molecule has 0 aromatic heterocycles. The Morgan fingerprint density at radius 3 is 1.83 bits per heavy atom. The highest BCUT2D eigenvalue weighted by atomic mass is 32.2. The molecule has 0 spiro atoms. The monoisotopic (exact) mass is 516 g/mol. The number of benzene rings is 3. The van der Waals surface area contributed by atoms with Crippen molar-refractivity contribution < 1.29 is 31.8 Å². The van der Waals surface area contributed by atoms with E-state index in [0.717, 1.165) is 0 Å². The van der Waals surface area contributed by atoms with Gasteiger partial charge in [-0.05, 0) is 79.6 Å². The normalized spacial score (nSPS) is 12.3. The van der Waals surface area contributed by atoms with Crippen molar-refractivity contribution in [3.05, 3.63) is 95.6 Å². The highest BCUT2D eigenvalue weighted by Crippen LogP contribution is 2.24. The number of hydrogen-bond acceptors (Lipinski definition) is 5. The average Bonchev–Trinajstić information content (AvgIpc) is 2.86. The summed E-state index contributed by atoms with van der Waals surface area (Å²) >= 11 is 0. The van der Waals surface area contributed by atoms with Crippen LogP contribution < -0.4 is 10.1 Å². The van der Waals surface area contributed by atoms with Crippen molar-refractivity contribution in [1.29, 1.82) is 5.26 Å². The van der Waals surface area contributed by atoms with Crippen molar-refractivity contribution in [1.82, 2.24) is 5.32 Å². The highest BCUT2D eigenvalue weighted by molar-refractivity contribution is 7.91. The van der Waals surface area contributed by atoms with E-state index in [9.17, 15) is 22.0 Å². The van der Waals surface area contributed by atoms with Crippen molar-refractivity contribution in [3.8, 4) is 17.6 Å². The molecule has 10 heteroatoms. The van der Waals surface area contributed by atoms with Gasteiger partial charge in [0.1, 0.15) is 23.1 Å². The molecule has 0 fully saturated rings. The summed E-state index contributed by atoms with van der Waals surface area (Å²) < 4.78 is 55.2. The number of nitriles is 1. The van der Waals surface area contributed by atoms with Crippen molar-refractivity contribution in [3.63, 3.8) is 0 Å². The summed E-state index contributed by atoms with van der Waals surface area (Å²) in [6, 6.07) is 18.9. The number of nitrogens with zero attached hydrogens (tertiary/aromatic N) is 1. The van der Waals surface area contributed by atoms with Crippen LogP contribution in [-0.4, -0.2) is 31.4 Å². The van der Waals surface area contributed by atoms with Crippen LogP contribution in [0.3, 0.4) is 0 Å². The largest absolute Gasteiger partial charge is 0.465 e. The number of ether oxygens (including phenoxy) is 1. The van der Waals surface area contributed by atoms with Crippen LogP contribution >= 0.6 is 0 Å². The fourth-order valence-electron chi connectivity index (χ4n) is 3.04. The van der Waals surface area contributed by atoms with Crippen LogP contribution in [0, 0.1) is 23.0 Å². The van der Waals surface area contributed by atoms with Gasteiger partial charge in [0.2, 0.25) is 0 Å². The first-order valence-electron chi connectivity index (χ1n) is 10.9. The van der Waals surface area contributed by atoms with Crippen LogP contribution in [0.5, 0.6) is 11.5 Å². The first-order valence-corrected chi connectivity index (χ1v) is 12.7. The lowest BCUT2D eigenvalue weighted by Crippen LogP contribution is -2.39. The number of carbonyl (C=O) groups is 1. The van der Waals surface area contributed by atoms with E-state index in [-0.39, 0.29) is 17.4 Å². The molecule has 36 heavy (non-hydrogen) atoms. The summed E-state index contributed by atoms with van der Waals surface area (Å²) in [7, 11) is -3.50. The van der Waals surface area contributed by atoms with Crippen LogP contribution in [0.15, 0.2) is 72.8 Å². The van der Waals surface area contributed by atoms with Gasteiger partial charge >= 0.3 is 6.09 Å². The van der Waals surface area contributed by atoms with Gasteiger partial charge in [-0.15, -0.1) is 0 Å². The Bertz CT molecular complexity index is 1230. The lowest BCUT2D eigenvalue weighted by molar-refractivity contribution is 0.190. The van der Waals surface area contributed by atoms with Gasteiger partial charge in [-0.2, -0.15) is 5.26 Å². The minimum Gasteiger partial charge on any atom is -0.465 e. The third-order valence-electron chi connectivity index (χ3n) is 5.16. The van der Waals surface area contributed by atoms with Crippen molar-refractivity contribution in [2.45, 2.75) is 31.6 Å². The zero-order valence-electron chi connectivity index (χ0n) is 19.7. The molecule has 1 amide bonds. The van der Waals surface area contributed by atoms with Crippen LogP contribution in [0.4, 0.5) is 13.6 Å². The zero-order chi connectivity index (χ0) is 26.7. The summed E-state index contributed by atoms with van der Waals surface area (Å²) in [4.78, 5) is 10.6. The van der Waals surface area contributed by atoms with Gasteiger partial charge in [-0.25, -0.2) is 22.0 Å². The maximum atomic E-state index is 12.6. The van der Waals surface area contributed by atoms with Crippen LogP contribution in [0.25, 0.3) is 0 Å². The fourth-order valence-corrected chi connectivity index (χ4v) is 4.78. The molecular weight excluding hydrogens is 490 g/mol. The van der Waals surface area contributed by atoms with Gasteiger partial charge in [-0.3, -0.25) is 0 Å². The molecule has 0 aliphatic heterocycles. The molecule has 3 aromatic rings. The quantitative estimate of drug-likeness (QED) is 0.389. The van der Waals surface area contributed by atoms with E-state index >= 15 is 0 Å². The molecule has 2 atom stereocenters. The van der Waals surface area contributed by atoms with Gasteiger partial charge in [0, 0.05) is 6.04 Å². The topological polar surface area (TPSA) is 116 Å². The molecule has 0 radical (unpaired) electrons. The Morgan fingerprint density at radius 1 is 0.972 bits per heavy atom. The molecule has 190 valence electrons. The molecule has 7 nitrogen and oxygen atoms in total. The Hall–Kier alpha value is -3.97. The van der Waals surface area contributed by atoms with Crippen LogP contribution in [-0.2, 0) is 9.84 Å². The first kappa shape index (κ1) is 28.3. The Labute approximate surface area is 208 Å². The minimum atomic E-state index is -3.50. The first-order chi connectivity index (χ1) is 17.0.